The molecule has 1 amide bonds. The number of hydrogen-bond acceptors (Lipinski definition) is 2. The number of anilines is 2. The first-order valence-corrected chi connectivity index (χ1v) is 7.54. The maximum atomic E-state index is 13.0. The Morgan fingerprint density at radius 2 is 2.05 bits per heavy atom. The topological polar surface area (TPSA) is 51.3 Å². The van der Waals surface area contributed by atoms with Gasteiger partial charge in [0.05, 0.1) is 5.69 Å². The molecule has 1 unspecified atom stereocenters. The van der Waals surface area contributed by atoms with Crippen molar-refractivity contribution in [3.05, 3.63) is 47.8 Å². The summed E-state index contributed by atoms with van der Waals surface area (Å²) in [4.78, 5) is 15.0. The second kappa shape index (κ2) is 4.38. The van der Waals surface area contributed by atoms with Crippen molar-refractivity contribution in [3.8, 4) is 0 Å². The molecule has 4 rings (SSSR count). The molecule has 2 N–H and O–H groups in total. The van der Waals surface area contributed by atoms with Crippen LogP contribution < -0.4 is 10.6 Å². The van der Waals surface area contributed by atoms with Crippen LogP contribution in [0.3, 0.4) is 0 Å². The molecule has 2 aromatic rings. The number of fused-ring (bicyclic) bond motifs is 1. The van der Waals surface area contributed by atoms with Crippen LogP contribution in [0.2, 0.25) is 0 Å². The van der Waals surface area contributed by atoms with Crippen LogP contribution in [-0.2, 0) is 6.42 Å². The number of aromatic nitrogens is 1. The van der Waals surface area contributed by atoms with Crippen molar-refractivity contribution < 1.29 is 4.79 Å². The Labute approximate surface area is 124 Å². The van der Waals surface area contributed by atoms with Crippen LogP contribution in [-0.4, -0.2) is 16.5 Å². The zero-order chi connectivity index (χ0) is 14.6. The predicted molar refractivity (Wildman–Crippen MR) is 83.5 cm³/mol. The Bertz CT molecular complexity index is 715. The van der Waals surface area contributed by atoms with Gasteiger partial charge in [0.25, 0.3) is 5.91 Å². The lowest BCUT2D eigenvalue weighted by molar-refractivity contribution is 0.0972. The number of nitrogen functional groups attached to an aromatic ring is 1. The summed E-state index contributed by atoms with van der Waals surface area (Å²) in [5.74, 6) is 0.0658. The highest BCUT2D eigenvalue weighted by molar-refractivity contribution is 6.07. The lowest BCUT2D eigenvalue weighted by Crippen LogP contribution is -2.36. The Morgan fingerprint density at radius 3 is 2.81 bits per heavy atom. The standard InChI is InChI=1S/C17H19N3O/c1-11-8-12-4-2-3-5-15(12)20(11)17(21)16-9-13(18)10-19(16)14-6-7-14/h2-5,9-11,14H,6-8,18H2,1H3. The summed E-state index contributed by atoms with van der Waals surface area (Å²) < 4.78 is 2.06. The van der Waals surface area contributed by atoms with Gasteiger partial charge in [-0.15, -0.1) is 0 Å². The monoisotopic (exact) mass is 281 g/mol. The second-order valence-corrected chi connectivity index (χ2v) is 6.15. The SMILES string of the molecule is CC1Cc2ccccc2N1C(=O)c1cc(N)cn1C1CC1. The summed E-state index contributed by atoms with van der Waals surface area (Å²) in [6, 6.07) is 10.6. The number of hydrogen-bond donors (Lipinski definition) is 1. The van der Waals surface area contributed by atoms with E-state index < -0.39 is 0 Å². The molecule has 1 aromatic carbocycles. The zero-order valence-corrected chi connectivity index (χ0v) is 12.1. The minimum absolute atomic E-state index is 0.0658. The van der Waals surface area contributed by atoms with Gasteiger partial charge in [-0.25, -0.2) is 0 Å². The summed E-state index contributed by atoms with van der Waals surface area (Å²) in [7, 11) is 0. The molecule has 1 aliphatic heterocycles. The molecule has 0 spiro atoms. The minimum atomic E-state index is 0.0658. The van der Waals surface area contributed by atoms with Crippen LogP contribution in [0, 0.1) is 0 Å². The van der Waals surface area contributed by atoms with Gasteiger partial charge in [0, 0.05) is 24.0 Å². The molecule has 4 heteroatoms. The van der Waals surface area contributed by atoms with Crippen molar-refractivity contribution in [3.63, 3.8) is 0 Å². The van der Waals surface area contributed by atoms with Gasteiger partial charge in [0.2, 0.25) is 0 Å². The zero-order valence-electron chi connectivity index (χ0n) is 12.1. The van der Waals surface area contributed by atoms with Crippen molar-refractivity contribution in [1.29, 1.82) is 0 Å². The number of nitrogens with zero attached hydrogens (tertiary/aromatic N) is 2. The third-order valence-electron chi connectivity index (χ3n) is 4.46. The second-order valence-electron chi connectivity index (χ2n) is 6.15. The summed E-state index contributed by atoms with van der Waals surface area (Å²) in [6.07, 6.45) is 5.10. The molecule has 1 aliphatic carbocycles. The van der Waals surface area contributed by atoms with Gasteiger partial charge in [-0.1, -0.05) is 18.2 Å². The molecular formula is C17H19N3O. The molecular weight excluding hydrogens is 262 g/mol. The van der Waals surface area contributed by atoms with Crippen molar-refractivity contribution in [2.24, 2.45) is 0 Å². The smallest absolute Gasteiger partial charge is 0.275 e. The molecule has 108 valence electrons. The van der Waals surface area contributed by atoms with E-state index in [9.17, 15) is 4.79 Å². The van der Waals surface area contributed by atoms with E-state index in [1.54, 1.807) is 0 Å². The van der Waals surface area contributed by atoms with E-state index in [-0.39, 0.29) is 11.9 Å². The highest BCUT2D eigenvalue weighted by atomic mass is 16.2. The van der Waals surface area contributed by atoms with Crippen LogP contribution in [0.4, 0.5) is 11.4 Å². The largest absolute Gasteiger partial charge is 0.397 e. The molecule has 2 aliphatic rings. The van der Waals surface area contributed by atoms with Crippen LogP contribution in [0.15, 0.2) is 36.5 Å². The van der Waals surface area contributed by atoms with Gasteiger partial charge < -0.3 is 15.2 Å². The van der Waals surface area contributed by atoms with E-state index in [0.29, 0.717) is 11.7 Å². The number of amides is 1. The maximum Gasteiger partial charge on any atom is 0.275 e. The summed E-state index contributed by atoms with van der Waals surface area (Å²) in [5, 5.41) is 0. The van der Waals surface area contributed by atoms with Gasteiger partial charge in [-0.05, 0) is 43.9 Å². The van der Waals surface area contributed by atoms with E-state index in [2.05, 4.69) is 17.6 Å². The number of rotatable bonds is 2. The lowest BCUT2D eigenvalue weighted by atomic mass is 10.1. The molecule has 4 nitrogen and oxygen atoms in total. The average molecular weight is 281 g/mol. The van der Waals surface area contributed by atoms with Crippen molar-refractivity contribution in [2.75, 3.05) is 10.6 Å². The Hall–Kier alpha value is -2.23. The third-order valence-corrected chi connectivity index (χ3v) is 4.46. The van der Waals surface area contributed by atoms with E-state index in [1.807, 2.05) is 35.4 Å². The quantitative estimate of drug-likeness (QED) is 0.920. The van der Waals surface area contributed by atoms with Gasteiger partial charge in [0.1, 0.15) is 5.69 Å². The van der Waals surface area contributed by atoms with E-state index >= 15 is 0 Å². The Balaban J connectivity index is 1.75. The molecule has 1 atom stereocenters. The van der Waals surface area contributed by atoms with Crippen LogP contribution in [0.5, 0.6) is 0 Å². The predicted octanol–water partition coefficient (Wildman–Crippen LogP) is 3.00. The number of carbonyl (C=O) groups is 1. The average Bonchev–Trinajstić information content (AvgIpc) is 3.15. The highest BCUT2D eigenvalue weighted by Gasteiger charge is 2.35. The first kappa shape index (κ1) is 12.5. The molecule has 1 aromatic heterocycles. The summed E-state index contributed by atoms with van der Waals surface area (Å²) in [6.45, 7) is 2.10. The fraction of sp³-hybridized carbons (Fsp3) is 0.353. The Morgan fingerprint density at radius 1 is 1.29 bits per heavy atom. The number of benzene rings is 1. The van der Waals surface area contributed by atoms with Crippen LogP contribution >= 0.6 is 0 Å². The molecule has 1 fully saturated rings. The molecule has 0 radical (unpaired) electrons. The normalized spacial score (nSPS) is 20.6. The van der Waals surface area contributed by atoms with Crippen molar-refractivity contribution in [1.82, 2.24) is 4.57 Å². The molecule has 1 saturated carbocycles. The minimum Gasteiger partial charge on any atom is -0.397 e. The van der Waals surface area contributed by atoms with Gasteiger partial charge in [-0.2, -0.15) is 0 Å². The van der Waals surface area contributed by atoms with E-state index in [1.165, 1.54) is 5.56 Å². The van der Waals surface area contributed by atoms with Crippen LogP contribution in [0.1, 0.15) is 41.9 Å². The van der Waals surface area contributed by atoms with Crippen molar-refractivity contribution >= 4 is 17.3 Å². The van der Waals surface area contributed by atoms with Gasteiger partial charge in [-0.3, -0.25) is 4.79 Å². The molecule has 2 heterocycles. The van der Waals surface area contributed by atoms with Crippen molar-refractivity contribution in [2.45, 2.75) is 38.3 Å². The first-order chi connectivity index (χ1) is 10.1. The summed E-state index contributed by atoms with van der Waals surface area (Å²) in [5.41, 5.74) is 9.60. The Kier molecular flexibility index (Phi) is 2.61. The van der Waals surface area contributed by atoms with E-state index in [4.69, 9.17) is 5.73 Å². The highest BCUT2D eigenvalue weighted by Crippen LogP contribution is 2.39. The van der Waals surface area contributed by atoms with E-state index in [0.717, 1.165) is 30.6 Å². The fourth-order valence-corrected chi connectivity index (χ4v) is 3.33. The number of para-hydroxylation sites is 1. The molecule has 0 saturated heterocycles. The number of carbonyl (C=O) groups excluding carboxylic acids is 1. The lowest BCUT2D eigenvalue weighted by Gasteiger charge is -2.23. The number of nitrogens with two attached hydrogens (primary N) is 1. The summed E-state index contributed by atoms with van der Waals surface area (Å²) >= 11 is 0. The fourth-order valence-electron chi connectivity index (χ4n) is 3.33. The molecule has 21 heavy (non-hydrogen) atoms. The van der Waals surface area contributed by atoms with Gasteiger partial charge in [0.15, 0.2) is 0 Å². The van der Waals surface area contributed by atoms with Crippen LogP contribution in [0.25, 0.3) is 0 Å². The third kappa shape index (κ3) is 1.94. The van der Waals surface area contributed by atoms with Gasteiger partial charge >= 0.3 is 0 Å². The maximum absolute atomic E-state index is 13.0. The molecule has 0 bridgehead atoms. The first-order valence-electron chi connectivity index (χ1n) is 7.54.